The molecule has 0 aliphatic carbocycles. The summed E-state index contributed by atoms with van der Waals surface area (Å²) in [7, 11) is 0. The van der Waals surface area contributed by atoms with E-state index in [0.717, 1.165) is 15.8 Å². The Bertz CT molecular complexity index is 664. The number of hydrogen-bond donors (Lipinski definition) is 1. The van der Waals surface area contributed by atoms with Crippen LogP contribution in [0.2, 0.25) is 0 Å². The molecule has 1 aromatic carbocycles. The lowest BCUT2D eigenvalue weighted by Gasteiger charge is -2.09. The number of benzene rings is 1. The number of nitrogens with zero attached hydrogens (tertiary/aromatic N) is 2. The van der Waals surface area contributed by atoms with E-state index in [1.807, 2.05) is 24.3 Å². The van der Waals surface area contributed by atoms with Crippen molar-refractivity contribution in [3.63, 3.8) is 0 Å². The van der Waals surface area contributed by atoms with E-state index in [9.17, 15) is 4.79 Å². The van der Waals surface area contributed by atoms with E-state index in [4.69, 9.17) is 10.4 Å². The maximum atomic E-state index is 10.8. The van der Waals surface area contributed by atoms with Crippen LogP contribution in [0.15, 0.2) is 35.4 Å². The highest BCUT2D eigenvalue weighted by atomic mass is 32.2. The van der Waals surface area contributed by atoms with Gasteiger partial charge in [0.25, 0.3) is 0 Å². The zero-order valence-electron chi connectivity index (χ0n) is 10.3. The third-order valence-electron chi connectivity index (χ3n) is 2.75. The number of para-hydroxylation sites is 1. The van der Waals surface area contributed by atoms with Gasteiger partial charge in [0.2, 0.25) is 0 Å². The number of aliphatic carboxylic acids is 1. The van der Waals surface area contributed by atoms with Gasteiger partial charge in [0.1, 0.15) is 6.07 Å². The van der Waals surface area contributed by atoms with E-state index in [1.54, 1.807) is 6.92 Å². The van der Waals surface area contributed by atoms with Crippen molar-refractivity contribution in [2.45, 2.75) is 11.8 Å². The Morgan fingerprint density at radius 2 is 2.26 bits per heavy atom. The Morgan fingerprint density at radius 1 is 1.53 bits per heavy atom. The minimum absolute atomic E-state index is 0.429. The first-order chi connectivity index (χ1) is 9.13. The summed E-state index contributed by atoms with van der Waals surface area (Å²) >= 11 is 1.39. The molecule has 5 heteroatoms. The van der Waals surface area contributed by atoms with Crippen molar-refractivity contribution >= 4 is 28.6 Å². The highest BCUT2D eigenvalue weighted by Crippen LogP contribution is 2.31. The summed E-state index contributed by atoms with van der Waals surface area (Å²) < 4.78 is 0. The summed E-state index contributed by atoms with van der Waals surface area (Å²) in [6.07, 6.45) is 1.54. The molecule has 1 unspecified atom stereocenters. The van der Waals surface area contributed by atoms with Gasteiger partial charge in [-0.15, -0.1) is 11.8 Å². The molecule has 0 bridgehead atoms. The van der Waals surface area contributed by atoms with E-state index < -0.39 is 11.9 Å². The molecule has 1 heterocycles. The number of carboxylic acid groups (broad SMARTS) is 1. The van der Waals surface area contributed by atoms with Gasteiger partial charge in [0, 0.05) is 22.2 Å². The molecule has 0 amide bonds. The predicted octanol–water partition coefficient (Wildman–Crippen LogP) is 2.92. The molecule has 2 aromatic rings. The summed E-state index contributed by atoms with van der Waals surface area (Å²) in [5.74, 6) is -0.856. The third kappa shape index (κ3) is 2.85. The number of fused-ring (bicyclic) bond motifs is 1. The highest BCUT2D eigenvalue weighted by Gasteiger charge is 2.14. The van der Waals surface area contributed by atoms with E-state index in [0.29, 0.717) is 11.3 Å². The molecule has 0 saturated carbocycles. The van der Waals surface area contributed by atoms with Crippen molar-refractivity contribution in [3.05, 3.63) is 36.0 Å². The van der Waals surface area contributed by atoms with Gasteiger partial charge in [-0.1, -0.05) is 25.1 Å². The summed E-state index contributed by atoms with van der Waals surface area (Å²) in [6, 6.07) is 9.66. The monoisotopic (exact) mass is 272 g/mol. The van der Waals surface area contributed by atoms with Crippen LogP contribution in [0.5, 0.6) is 0 Å². The fourth-order valence-electron chi connectivity index (χ4n) is 1.63. The quantitative estimate of drug-likeness (QED) is 0.866. The smallest absolute Gasteiger partial charge is 0.307 e. The average Bonchev–Trinajstić information content (AvgIpc) is 2.43. The SMILES string of the molecule is CC(CSc1c(C#N)cnc2ccccc12)C(=O)O. The normalized spacial score (nSPS) is 12.0. The molecule has 2 rings (SSSR count). The molecule has 1 atom stereocenters. The van der Waals surface area contributed by atoms with E-state index >= 15 is 0 Å². The van der Waals surface area contributed by atoms with Gasteiger partial charge in [-0.2, -0.15) is 5.26 Å². The number of carboxylic acids is 1. The Labute approximate surface area is 115 Å². The molecule has 0 radical (unpaired) electrons. The largest absolute Gasteiger partial charge is 0.481 e. The van der Waals surface area contributed by atoms with Crippen LogP contribution in [0.25, 0.3) is 10.9 Å². The van der Waals surface area contributed by atoms with Crippen molar-refractivity contribution < 1.29 is 9.90 Å². The number of rotatable bonds is 4. The summed E-state index contributed by atoms with van der Waals surface area (Å²) in [5.41, 5.74) is 1.30. The lowest BCUT2D eigenvalue weighted by atomic mass is 10.2. The number of nitriles is 1. The molecular formula is C14H12N2O2S. The fraction of sp³-hybridized carbons (Fsp3) is 0.214. The maximum Gasteiger partial charge on any atom is 0.307 e. The van der Waals surface area contributed by atoms with E-state index in [1.165, 1.54) is 18.0 Å². The molecule has 1 aromatic heterocycles. The summed E-state index contributed by atoms with van der Waals surface area (Å²) in [6.45, 7) is 1.66. The van der Waals surface area contributed by atoms with Crippen LogP contribution in [-0.4, -0.2) is 21.8 Å². The van der Waals surface area contributed by atoms with Gasteiger partial charge in [-0.05, 0) is 6.07 Å². The molecule has 96 valence electrons. The van der Waals surface area contributed by atoms with Gasteiger partial charge in [-0.25, -0.2) is 0 Å². The first kappa shape index (κ1) is 13.4. The Morgan fingerprint density at radius 3 is 2.95 bits per heavy atom. The molecule has 0 aliphatic heterocycles. The lowest BCUT2D eigenvalue weighted by Crippen LogP contribution is -2.11. The minimum atomic E-state index is -0.829. The highest BCUT2D eigenvalue weighted by molar-refractivity contribution is 7.99. The molecular weight excluding hydrogens is 260 g/mol. The number of carbonyl (C=O) groups is 1. The molecule has 0 spiro atoms. The van der Waals surface area contributed by atoms with Crippen LogP contribution in [0, 0.1) is 17.2 Å². The van der Waals surface area contributed by atoms with Crippen LogP contribution in [-0.2, 0) is 4.79 Å². The second kappa shape index (κ2) is 5.72. The first-order valence-electron chi connectivity index (χ1n) is 5.77. The standard InChI is InChI=1S/C14H12N2O2S/c1-9(14(17)18)8-19-13-10(6-15)7-16-12-5-3-2-4-11(12)13/h2-5,7,9H,8H2,1H3,(H,17,18). The van der Waals surface area contributed by atoms with Gasteiger partial charge < -0.3 is 5.11 Å². The van der Waals surface area contributed by atoms with Gasteiger partial charge >= 0.3 is 5.97 Å². The van der Waals surface area contributed by atoms with Gasteiger partial charge in [-0.3, -0.25) is 9.78 Å². The number of hydrogen-bond acceptors (Lipinski definition) is 4. The molecule has 0 aliphatic rings. The van der Waals surface area contributed by atoms with Crippen LogP contribution < -0.4 is 0 Å². The summed E-state index contributed by atoms with van der Waals surface area (Å²) in [4.78, 5) is 15.9. The lowest BCUT2D eigenvalue weighted by molar-refractivity contribution is -0.140. The number of aromatic nitrogens is 1. The topological polar surface area (TPSA) is 74.0 Å². The van der Waals surface area contributed by atoms with E-state index in [-0.39, 0.29) is 0 Å². The molecule has 4 nitrogen and oxygen atoms in total. The van der Waals surface area contributed by atoms with Crippen LogP contribution in [0.3, 0.4) is 0 Å². The van der Waals surface area contributed by atoms with Crippen molar-refractivity contribution in [2.24, 2.45) is 5.92 Å². The molecule has 0 fully saturated rings. The molecule has 19 heavy (non-hydrogen) atoms. The van der Waals surface area contributed by atoms with Gasteiger partial charge in [0.15, 0.2) is 0 Å². The van der Waals surface area contributed by atoms with Crippen LogP contribution >= 0.6 is 11.8 Å². The van der Waals surface area contributed by atoms with Crippen molar-refractivity contribution in [2.75, 3.05) is 5.75 Å². The zero-order chi connectivity index (χ0) is 13.8. The third-order valence-corrected chi connectivity index (χ3v) is 4.14. The molecule has 0 saturated heterocycles. The molecule has 1 N–H and O–H groups in total. The average molecular weight is 272 g/mol. The van der Waals surface area contributed by atoms with Gasteiger partial charge in [0.05, 0.1) is 17.0 Å². The summed E-state index contributed by atoms with van der Waals surface area (Å²) in [5, 5.41) is 18.9. The second-order valence-electron chi connectivity index (χ2n) is 4.18. The zero-order valence-corrected chi connectivity index (χ0v) is 11.1. The Balaban J connectivity index is 2.40. The van der Waals surface area contributed by atoms with Crippen molar-refractivity contribution in [1.29, 1.82) is 5.26 Å². The van der Waals surface area contributed by atoms with Crippen LogP contribution in [0.1, 0.15) is 12.5 Å². The van der Waals surface area contributed by atoms with Crippen LogP contribution in [0.4, 0.5) is 0 Å². The Hall–Kier alpha value is -2.06. The van der Waals surface area contributed by atoms with E-state index in [2.05, 4.69) is 11.1 Å². The second-order valence-corrected chi connectivity index (χ2v) is 5.21. The number of pyridine rings is 1. The number of thioether (sulfide) groups is 1. The maximum absolute atomic E-state index is 10.8. The minimum Gasteiger partial charge on any atom is -0.481 e. The first-order valence-corrected chi connectivity index (χ1v) is 6.75. The fourth-order valence-corrected chi connectivity index (χ4v) is 2.77. The predicted molar refractivity (Wildman–Crippen MR) is 74.0 cm³/mol. The Kier molecular flexibility index (Phi) is 4.03. The van der Waals surface area contributed by atoms with Crippen molar-refractivity contribution in [1.82, 2.24) is 4.98 Å². The van der Waals surface area contributed by atoms with Crippen molar-refractivity contribution in [3.8, 4) is 6.07 Å².